The predicted octanol–water partition coefficient (Wildman–Crippen LogP) is 4.35. The molecule has 0 heterocycles. The lowest BCUT2D eigenvalue weighted by molar-refractivity contribution is -0.131. The van der Waals surface area contributed by atoms with Gasteiger partial charge in [0.1, 0.15) is 0 Å². The summed E-state index contributed by atoms with van der Waals surface area (Å²) in [5.41, 5.74) is 1.69. The van der Waals surface area contributed by atoms with Gasteiger partial charge in [-0.25, -0.2) is 0 Å². The summed E-state index contributed by atoms with van der Waals surface area (Å²) in [4.78, 5) is 14.7. The summed E-state index contributed by atoms with van der Waals surface area (Å²) in [5.74, 6) is 0.146. The summed E-state index contributed by atoms with van der Waals surface area (Å²) < 4.78 is 5.17. The largest absolute Gasteiger partial charge is 0.504 e. The maximum Gasteiger partial charge on any atom is 0.223 e. The highest BCUT2D eigenvalue weighted by molar-refractivity contribution is 5.76. The van der Waals surface area contributed by atoms with Crippen LogP contribution in [0, 0.1) is 0 Å². The van der Waals surface area contributed by atoms with Crippen LogP contribution in [0.1, 0.15) is 50.2 Å². The summed E-state index contributed by atoms with van der Waals surface area (Å²) in [5, 5.41) is 28.8. The Hall–Kier alpha value is -2.89. The van der Waals surface area contributed by atoms with Crippen LogP contribution in [0.4, 0.5) is 0 Å². The van der Waals surface area contributed by atoms with Crippen molar-refractivity contribution < 1.29 is 24.9 Å². The Labute approximate surface area is 172 Å². The van der Waals surface area contributed by atoms with Crippen LogP contribution in [0.25, 0.3) is 0 Å². The number of unbranched alkanes of at least 4 members (excludes halogenated alkanes) is 3. The van der Waals surface area contributed by atoms with E-state index in [4.69, 9.17) is 4.74 Å². The van der Waals surface area contributed by atoms with Gasteiger partial charge in [0, 0.05) is 19.5 Å². The molecule has 158 valence electrons. The highest BCUT2D eigenvalue weighted by Gasteiger charge is 2.15. The van der Waals surface area contributed by atoms with Gasteiger partial charge in [-0.1, -0.05) is 38.3 Å². The van der Waals surface area contributed by atoms with Gasteiger partial charge in [-0.3, -0.25) is 4.79 Å². The fraction of sp³-hybridized carbons (Fsp3) is 0.435. The van der Waals surface area contributed by atoms with Gasteiger partial charge >= 0.3 is 0 Å². The molecule has 2 rings (SSSR count). The van der Waals surface area contributed by atoms with Gasteiger partial charge in [0.25, 0.3) is 0 Å². The number of carbonyl (C=O) groups excluding carboxylic acids is 1. The Bertz CT molecular complexity index is 806. The normalized spacial score (nSPS) is 10.7. The van der Waals surface area contributed by atoms with Crippen molar-refractivity contribution in [1.29, 1.82) is 0 Å². The molecule has 0 aliphatic rings. The molecule has 0 atom stereocenters. The van der Waals surface area contributed by atoms with Crippen LogP contribution in [0.15, 0.2) is 36.4 Å². The van der Waals surface area contributed by atoms with Crippen LogP contribution in [-0.4, -0.2) is 39.8 Å². The van der Waals surface area contributed by atoms with E-state index in [9.17, 15) is 20.1 Å². The number of hydrogen-bond acceptors (Lipinski definition) is 5. The third-order valence-electron chi connectivity index (χ3n) is 4.92. The lowest BCUT2D eigenvalue weighted by Crippen LogP contribution is -2.31. The smallest absolute Gasteiger partial charge is 0.223 e. The van der Waals surface area contributed by atoms with Crippen LogP contribution in [0.2, 0.25) is 0 Å². The number of rotatable bonds is 11. The summed E-state index contributed by atoms with van der Waals surface area (Å²) >= 11 is 0. The quantitative estimate of drug-likeness (QED) is 0.385. The zero-order valence-corrected chi connectivity index (χ0v) is 17.2. The lowest BCUT2D eigenvalue weighted by atomic mass is 10.1. The van der Waals surface area contributed by atoms with Crippen molar-refractivity contribution in [3.8, 4) is 23.0 Å². The number of phenols is 3. The standard InChI is InChI=1S/C23H31NO5/c1-3-4-5-6-13-24(16-18-8-11-20(26)22(15-18)29-2)23(28)12-9-17-7-10-19(25)21(27)14-17/h7-8,10-11,14-15,25-27H,3-6,9,12-13,16H2,1-2H3. The average Bonchev–Trinajstić information content (AvgIpc) is 2.72. The fourth-order valence-corrected chi connectivity index (χ4v) is 3.20. The number of hydrogen-bond donors (Lipinski definition) is 3. The zero-order chi connectivity index (χ0) is 21.2. The van der Waals surface area contributed by atoms with E-state index in [1.165, 1.54) is 19.2 Å². The Morgan fingerprint density at radius 2 is 1.66 bits per heavy atom. The van der Waals surface area contributed by atoms with Gasteiger partial charge in [-0.15, -0.1) is 0 Å². The van der Waals surface area contributed by atoms with Gasteiger partial charge < -0.3 is 25.0 Å². The van der Waals surface area contributed by atoms with Crippen molar-refractivity contribution in [1.82, 2.24) is 4.90 Å². The van der Waals surface area contributed by atoms with Crippen molar-refractivity contribution in [2.75, 3.05) is 13.7 Å². The maximum absolute atomic E-state index is 12.9. The highest BCUT2D eigenvalue weighted by Crippen LogP contribution is 2.28. The van der Waals surface area contributed by atoms with Gasteiger partial charge in [0.2, 0.25) is 5.91 Å². The van der Waals surface area contributed by atoms with E-state index in [0.717, 1.165) is 36.8 Å². The summed E-state index contributed by atoms with van der Waals surface area (Å²) in [6.45, 7) is 3.27. The van der Waals surface area contributed by atoms with Crippen LogP contribution in [0.5, 0.6) is 23.0 Å². The maximum atomic E-state index is 12.9. The Morgan fingerprint density at radius 3 is 2.34 bits per heavy atom. The monoisotopic (exact) mass is 401 g/mol. The molecule has 2 aromatic carbocycles. The third kappa shape index (κ3) is 6.89. The highest BCUT2D eigenvalue weighted by atomic mass is 16.5. The average molecular weight is 402 g/mol. The molecule has 2 aromatic rings. The molecule has 0 saturated heterocycles. The number of nitrogens with zero attached hydrogens (tertiary/aromatic N) is 1. The van der Waals surface area contributed by atoms with Crippen LogP contribution in [0.3, 0.4) is 0 Å². The molecule has 0 unspecified atom stereocenters. The second-order valence-electron chi connectivity index (χ2n) is 7.21. The molecule has 0 fully saturated rings. The molecule has 0 aliphatic heterocycles. The third-order valence-corrected chi connectivity index (χ3v) is 4.92. The van der Waals surface area contributed by atoms with E-state index < -0.39 is 0 Å². The van der Waals surface area contributed by atoms with E-state index >= 15 is 0 Å². The molecular formula is C23H31NO5. The fourth-order valence-electron chi connectivity index (χ4n) is 3.20. The first-order valence-corrected chi connectivity index (χ1v) is 10.1. The van der Waals surface area contributed by atoms with Crippen LogP contribution < -0.4 is 4.74 Å². The Morgan fingerprint density at radius 1 is 0.931 bits per heavy atom. The molecule has 6 nitrogen and oxygen atoms in total. The van der Waals surface area contributed by atoms with E-state index in [-0.39, 0.29) is 23.2 Å². The number of amides is 1. The van der Waals surface area contributed by atoms with Gasteiger partial charge in [-0.2, -0.15) is 0 Å². The topological polar surface area (TPSA) is 90.2 Å². The number of phenolic OH excluding ortho intramolecular Hbond substituents is 3. The number of ether oxygens (including phenoxy) is 1. The molecule has 3 N–H and O–H groups in total. The van der Waals surface area contributed by atoms with Crippen molar-refractivity contribution in [3.63, 3.8) is 0 Å². The number of aromatic hydroxyl groups is 3. The Kier molecular flexibility index (Phi) is 8.65. The van der Waals surface area contributed by atoms with Crippen molar-refractivity contribution >= 4 is 5.91 Å². The number of benzene rings is 2. The van der Waals surface area contributed by atoms with Crippen LogP contribution >= 0.6 is 0 Å². The first-order valence-electron chi connectivity index (χ1n) is 10.1. The summed E-state index contributed by atoms with van der Waals surface area (Å²) in [7, 11) is 1.50. The summed E-state index contributed by atoms with van der Waals surface area (Å²) in [6.07, 6.45) is 5.08. The Balaban J connectivity index is 2.04. The van der Waals surface area contributed by atoms with Crippen molar-refractivity contribution in [3.05, 3.63) is 47.5 Å². The van der Waals surface area contributed by atoms with Gasteiger partial charge in [0.15, 0.2) is 23.0 Å². The minimum atomic E-state index is -0.178. The molecule has 1 amide bonds. The van der Waals surface area contributed by atoms with E-state index in [2.05, 4.69) is 6.92 Å². The molecule has 0 bridgehead atoms. The molecule has 0 aliphatic carbocycles. The van der Waals surface area contributed by atoms with E-state index in [1.807, 2.05) is 4.90 Å². The first-order chi connectivity index (χ1) is 13.9. The van der Waals surface area contributed by atoms with Gasteiger partial charge in [-0.05, 0) is 48.2 Å². The van der Waals surface area contributed by atoms with E-state index in [0.29, 0.717) is 31.7 Å². The molecule has 0 spiro atoms. The summed E-state index contributed by atoms with van der Waals surface area (Å²) in [6, 6.07) is 9.74. The van der Waals surface area contributed by atoms with E-state index in [1.54, 1.807) is 24.3 Å². The minimum absolute atomic E-state index is 0.0288. The van der Waals surface area contributed by atoms with Gasteiger partial charge in [0.05, 0.1) is 7.11 Å². The van der Waals surface area contributed by atoms with Crippen molar-refractivity contribution in [2.45, 2.75) is 52.0 Å². The zero-order valence-electron chi connectivity index (χ0n) is 17.2. The second kappa shape index (κ2) is 11.2. The number of carbonyl (C=O) groups is 1. The predicted molar refractivity (Wildman–Crippen MR) is 112 cm³/mol. The van der Waals surface area contributed by atoms with Crippen LogP contribution in [-0.2, 0) is 17.8 Å². The minimum Gasteiger partial charge on any atom is -0.504 e. The number of aryl methyl sites for hydroxylation is 1. The molecule has 0 aromatic heterocycles. The molecular weight excluding hydrogens is 370 g/mol. The lowest BCUT2D eigenvalue weighted by Gasteiger charge is -2.23. The van der Waals surface area contributed by atoms with Crippen molar-refractivity contribution in [2.24, 2.45) is 0 Å². The molecule has 0 saturated carbocycles. The molecule has 29 heavy (non-hydrogen) atoms. The number of methoxy groups -OCH3 is 1. The first kappa shape index (κ1) is 22.4. The molecule has 0 radical (unpaired) electrons. The SMILES string of the molecule is CCCCCCN(Cc1ccc(O)c(OC)c1)C(=O)CCc1ccc(O)c(O)c1. The molecule has 6 heteroatoms. The second-order valence-corrected chi connectivity index (χ2v) is 7.21.